The van der Waals surface area contributed by atoms with Crippen molar-refractivity contribution in [1.29, 1.82) is 0 Å². The topological polar surface area (TPSA) is 0 Å². The Kier molecular flexibility index (Phi) is 20.6. The molecule has 0 fully saturated rings. The summed E-state index contributed by atoms with van der Waals surface area (Å²) in [7, 11) is 4.52. The SMILES string of the molecule is CCCCCCCCC=C[N+](C)(C)C=CCCCCCCCC.[Cl-]. The van der Waals surface area contributed by atoms with Gasteiger partial charge in [-0.2, -0.15) is 0 Å². The first-order valence-corrected chi connectivity index (χ1v) is 10.3. The highest BCUT2D eigenvalue weighted by molar-refractivity contribution is 4.80. The maximum absolute atomic E-state index is 2.37. The molecule has 0 aromatic carbocycles. The maximum Gasteiger partial charge on any atom is 0.0959 e. The highest BCUT2D eigenvalue weighted by Gasteiger charge is 2.04. The summed E-state index contributed by atoms with van der Waals surface area (Å²) in [5, 5.41) is 0. The summed E-state index contributed by atoms with van der Waals surface area (Å²) >= 11 is 0. The van der Waals surface area contributed by atoms with E-state index in [2.05, 4.69) is 52.5 Å². The Balaban J connectivity index is 0. The lowest BCUT2D eigenvalue weighted by atomic mass is 10.1. The second kappa shape index (κ2) is 19.1. The van der Waals surface area contributed by atoms with Crippen molar-refractivity contribution in [3.05, 3.63) is 24.6 Å². The van der Waals surface area contributed by atoms with Crippen LogP contribution in [0.4, 0.5) is 0 Å². The molecule has 0 bridgehead atoms. The smallest absolute Gasteiger partial charge is 0.0959 e. The van der Waals surface area contributed by atoms with Crippen LogP contribution in [0.1, 0.15) is 104 Å². The number of rotatable bonds is 16. The molecule has 0 aromatic heterocycles. The van der Waals surface area contributed by atoms with E-state index in [9.17, 15) is 0 Å². The van der Waals surface area contributed by atoms with Gasteiger partial charge in [-0.1, -0.05) is 78.1 Å². The molecule has 0 heterocycles. The summed E-state index contributed by atoms with van der Waals surface area (Å²) in [4.78, 5) is 0. The molecule has 0 N–H and O–H groups in total. The molecule has 0 spiro atoms. The van der Waals surface area contributed by atoms with Crippen molar-refractivity contribution in [3.63, 3.8) is 0 Å². The summed E-state index contributed by atoms with van der Waals surface area (Å²) in [6.07, 6.45) is 28.5. The zero-order valence-electron chi connectivity index (χ0n) is 17.0. The van der Waals surface area contributed by atoms with E-state index in [1.165, 1.54) is 89.9 Å². The molecule has 0 amide bonds. The third-order valence-electron chi connectivity index (χ3n) is 4.43. The normalized spacial score (nSPS) is 12.2. The molecule has 144 valence electrons. The number of halogens is 1. The van der Waals surface area contributed by atoms with Crippen molar-refractivity contribution in [2.45, 2.75) is 104 Å². The van der Waals surface area contributed by atoms with Gasteiger partial charge in [-0.25, -0.2) is 0 Å². The quantitative estimate of drug-likeness (QED) is 0.280. The number of unbranched alkanes of at least 4 members (excludes halogenated alkanes) is 12. The molecular formula is C22H44ClN. The van der Waals surface area contributed by atoms with E-state index >= 15 is 0 Å². The lowest BCUT2D eigenvalue weighted by molar-refractivity contribution is -0.784. The Morgan fingerprint density at radius 2 is 0.875 bits per heavy atom. The van der Waals surface area contributed by atoms with E-state index in [0.29, 0.717) is 0 Å². The number of allylic oxidation sites excluding steroid dienone is 2. The predicted octanol–water partition coefficient (Wildman–Crippen LogP) is 4.60. The van der Waals surface area contributed by atoms with Crippen LogP contribution in [0.25, 0.3) is 0 Å². The Labute approximate surface area is 159 Å². The Morgan fingerprint density at radius 3 is 1.25 bits per heavy atom. The van der Waals surface area contributed by atoms with E-state index in [1.54, 1.807) is 0 Å². The van der Waals surface area contributed by atoms with Crippen molar-refractivity contribution in [2.24, 2.45) is 0 Å². The Hall–Kier alpha value is -0.270. The highest BCUT2D eigenvalue weighted by atomic mass is 35.5. The first-order valence-electron chi connectivity index (χ1n) is 10.3. The molecule has 0 atom stereocenters. The van der Waals surface area contributed by atoms with Crippen molar-refractivity contribution >= 4 is 0 Å². The lowest BCUT2D eigenvalue weighted by Crippen LogP contribution is -3.00. The van der Waals surface area contributed by atoms with Crippen LogP contribution in [0.2, 0.25) is 0 Å². The van der Waals surface area contributed by atoms with Crippen LogP contribution in [0, 0.1) is 0 Å². The van der Waals surface area contributed by atoms with Gasteiger partial charge in [-0.3, -0.25) is 4.48 Å². The van der Waals surface area contributed by atoms with E-state index in [4.69, 9.17) is 0 Å². The lowest BCUT2D eigenvalue weighted by Gasteiger charge is -2.19. The summed E-state index contributed by atoms with van der Waals surface area (Å²) in [6, 6.07) is 0. The number of hydrogen-bond acceptors (Lipinski definition) is 0. The van der Waals surface area contributed by atoms with Crippen molar-refractivity contribution in [3.8, 4) is 0 Å². The van der Waals surface area contributed by atoms with E-state index in [0.717, 1.165) is 4.48 Å². The average Bonchev–Trinajstić information content (AvgIpc) is 2.52. The average molecular weight is 358 g/mol. The molecular weight excluding hydrogens is 314 g/mol. The molecule has 0 aromatic rings. The van der Waals surface area contributed by atoms with Crippen LogP contribution in [0.15, 0.2) is 24.6 Å². The number of nitrogens with zero attached hydrogens (tertiary/aromatic N) is 1. The van der Waals surface area contributed by atoms with Crippen molar-refractivity contribution < 1.29 is 16.9 Å². The van der Waals surface area contributed by atoms with Gasteiger partial charge in [-0.05, 0) is 37.8 Å². The second-order valence-electron chi connectivity index (χ2n) is 7.51. The van der Waals surface area contributed by atoms with Gasteiger partial charge in [0, 0.05) is 0 Å². The molecule has 0 aliphatic carbocycles. The fourth-order valence-corrected chi connectivity index (χ4v) is 2.83. The zero-order chi connectivity index (χ0) is 17.2. The summed E-state index contributed by atoms with van der Waals surface area (Å²) < 4.78 is 0.881. The zero-order valence-corrected chi connectivity index (χ0v) is 17.8. The number of hydrogen-bond donors (Lipinski definition) is 0. The van der Waals surface area contributed by atoms with Crippen LogP contribution in [0.3, 0.4) is 0 Å². The van der Waals surface area contributed by atoms with Gasteiger partial charge in [0.05, 0.1) is 26.5 Å². The largest absolute Gasteiger partial charge is 1.00 e. The van der Waals surface area contributed by atoms with Gasteiger partial charge in [-0.15, -0.1) is 0 Å². The summed E-state index contributed by atoms with van der Waals surface area (Å²) in [5.41, 5.74) is 0. The van der Waals surface area contributed by atoms with Crippen LogP contribution < -0.4 is 12.4 Å². The Morgan fingerprint density at radius 1 is 0.542 bits per heavy atom. The summed E-state index contributed by atoms with van der Waals surface area (Å²) in [5.74, 6) is 0. The first kappa shape index (κ1) is 26.0. The monoisotopic (exact) mass is 357 g/mol. The van der Waals surface area contributed by atoms with Gasteiger partial charge in [0.1, 0.15) is 0 Å². The van der Waals surface area contributed by atoms with Gasteiger partial charge in [0.25, 0.3) is 0 Å². The van der Waals surface area contributed by atoms with Crippen LogP contribution in [-0.4, -0.2) is 18.6 Å². The minimum Gasteiger partial charge on any atom is -1.00 e. The second-order valence-corrected chi connectivity index (χ2v) is 7.51. The molecule has 0 radical (unpaired) electrons. The molecule has 2 heteroatoms. The van der Waals surface area contributed by atoms with E-state index in [-0.39, 0.29) is 12.4 Å². The predicted molar refractivity (Wildman–Crippen MR) is 106 cm³/mol. The molecule has 24 heavy (non-hydrogen) atoms. The molecule has 0 rings (SSSR count). The molecule has 0 saturated carbocycles. The molecule has 1 nitrogen and oxygen atoms in total. The minimum absolute atomic E-state index is 0. The maximum atomic E-state index is 2.37. The Bertz CT molecular complexity index is 266. The van der Waals surface area contributed by atoms with Gasteiger partial charge < -0.3 is 12.4 Å². The van der Waals surface area contributed by atoms with Crippen molar-refractivity contribution in [1.82, 2.24) is 0 Å². The van der Waals surface area contributed by atoms with Gasteiger partial charge in [0.2, 0.25) is 0 Å². The fourth-order valence-electron chi connectivity index (χ4n) is 2.83. The first-order chi connectivity index (χ1) is 11.1. The molecule has 0 aliphatic heterocycles. The highest BCUT2D eigenvalue weighted by Crippen LogP contribution is 2.10. The van der Waals surface area contributed by atoms with Crippen LogP contribution in [0.5, 0.6) is 0 Å². The number of quaternary nitrogens is 1. The van der Waals surface area contributed by atoms with E-state index < -0.39 is 0 Å². The third kappa shape index (κ3) is 19.8. The summed E-state index contributed by atoms with van der Waals surface area (Å²) in [6.45, 7) is 4.56. The van der Waals surface area contributed by atoms with E-state index in [1.807, 2.05) is 0 Å². The standard InChI is InChI=1S/C22H44N.ClH/c1-5-7-9-11-13-15-17-19-21-23(3,4)22-20-18-16-14-12-10-8-6-2;/h19-22H,5-18H2,1-4H3;1H/q+1;/p-1. The van der Waals surface area contributed by atoms with Gasteiger partial charge in [0.15, 0.2) is 0 Å². The van der Waals surface area contributed by atoms with Crippen LogP contribution in [-0.2, 0) is 0 Å². The fraction of sp³-hybridized carbons (Fsp3) is 0.818. The third-order valence-corrected chi connectivity index (χ3v) is 4.43. The van der Waals surface area contributed by atoms with Crippen LogP contribution >= 0.6 is 0 Å². The molecule has 0 saturated heterocycles. The minimum atomic E-state index is 0. The van der Waals surface area contributed by atoms with Gasteiger partial charge >= 0.3 is 0 Å². The molecule has 0 aliphatic rings. The van der Waals surface area contributed by atoms with Crippen molar-refractivity contribution in [2.75, 3.05) is 14.1 Å². The molecule has 0 unspecified atom stereocenters.